The molecule has 2 aromatic rings. The third-order valence-corrected chi connectivity index (χ3v) is 3.07. The zero-order chi connectivity index (χ0) is 9.42. The minimum absolute atomic E-state index is 0.985. The number of pyridine rings is 1. The van der Waals surface area contributed by atoms with Gasteiger partial charge in [-0.2, -0.15) is 0 Å². The maximum atomic E-state index is 4.48. The highest BCUT2D eigenvalue weighted by molar-refractivity contribution is 9.10. The first kappa shape index (κ1) is 8.75. The molecule has 2 nitrogen and oxygen atoms in total. The molecular weight excluding hydrogens is 228 g/mol. The van der Waals surface area contributed by atoms with Crippen molar-refractivity contribution in [3.8, 4) is 0 Å². The lowest BCUT2D eigenvalue weighted by Crippen LogP contribution is -1.89. The number of aromatic nitrogens is 2. The molecule has 0 saturated carbocycles. The minimum Gasteiger partial charge on any atom is -0.303 e. The summed E-state index contributed by atoms with van der Waals surface area (Å²) < 4.78 is 3.24. The van der Waals surface area contributed by atoms with Crippen LogP contribution >= 0.6 is 15.9 Å². The van der Waals surface area contributed by atoms with E-state index in [0.29, 0.717) is 0 Å². The summed E-state index contributed by atoms with van der Waals surface area (Å²) in [6.07, 6.45) is 3.08. The fourth-order valence-electron chi connectivity index (χ4n) is 1.38. The highest BCUT2D eigenvalue weighted by Gasteiger charge is 2.03. The highest BCUT2D eigenvalue weighted by Crippen LogP contribution is 2.18. The van der Waals surface area contributed by atoms with Gasteiger partial charge < -0.3 is 4.40 Å². The molecule has 2 heterocycles. The maximum absolute atomic E-state index is 4.48. The number of imidazole rings is 1. The predicted octanol–water partition coefficient (Wildman–Crippen LogP) is 2.97. The number of aryl methyl sites for hydroxylation is 2. The summed E-state index contributed by atoms with van der Waals surface area (Å²) >= 11 is 3.50. The van der Waals surface area contributed by atoms with E-state index in [1.54, 1.807) is 0 Å². The van der Waals surface area contributed by atoms with Crippen LogP contribution in [0.15, 0.2) is 22.8 Å². The van der Waals surface area contributed by atoms with Crippen LogP contribution in [0.2, 0.25) is 0 Å². The van der Waals surface area contributed by atoms with Crippen molar-refractivity contribution in [3.05, 3.63) is 34.2 Å². The Hall–Kier alpha value is -0.830. The number of hydrogen-bond donors (Lipinski definition) is 0. The van der Waals surface area contributed by atoms with Gasteiger partial charge in [-0.15, -0.1) is 0 Å². The molecule has 0 spiro atoms. The van der Waals surface area contributed by atoms with Gasteiger partial charge in [-0.05, 0) is 41.4 Å². The number of halogens is 1. The summed E-state index contributed by atoms with van der Waals surface area (Å²) in [5.41, 5.74) is 3.36. The molecule has 0 bridgehead atoms. The lowest BCUT2D eigenvalue weighted by molar-refractivity contribution is 1.05. The first-order valence-electron chi connectivity index (χ1n) is 4.35. The highest BCUT2D eigenvalue weighted by atomic mass is 79.9. The Morgan fingerprint density at radius 1 is 1.46 bits per heavy atom. The normalized spacial score (nSPS) is 11.0. The van der Waals surface area contributed by atoms with Crippen LogP contribution < -0.4 is 0 Å². The fraction of sp³-hybridized carbons (Fsp3) is 0.300. The quantitative estimate of drug-likeness (QED) is 0.747. The van der Waals surface area contributed by atoms with Crippen molar-refractivity contribution in [1.29, 1.82) is 0 Å². The second-order valence-electron chi connectivity index (χ2n) is 3.08. The minimum atomic E-state index is 0.985. The molecular formula is C10H11BrN2. The molecule has 0 unspecified atom stereocenters. The van der Waals surface area contributed by atoms with Crippen molar-refractivity contribution >= 4 is 21.6 Å². The summed E-state index contributed by atoms with van der Waals surface area (Å²) in [5.74, 6) is 0. The number of hydrogen-bond acceptors (Lipinski definition) is 1. The van der Waals surface area contributed by atoms with E-state index in [1.807, 2.05) is 12.1 Å². The van der Waals surface area contributed by atoms with Gasteiger partial charge in [-0.25, -0.2) is 4.98 Å². The van der Waals surface area contributed by atoms with Gasteiger partial charge in [-0.3, -0.25) is 0 Å². The summed E-state index contributed by atoms with van der Waals surface area (Å²) in [6.45, 7) is 4.20. The van der Waals surface area contributed by atoms with Crippen LogP contribution in [0, 0.1) is 6.92 Å². The van der Waals surface area contributed by atoms with Crippen LogP contribution in [0.1, 0.15) is 18.3 Å². The van der Waals surface area contributed by atoms with Gasteiger partial charge in [-0.1, -0.05) is 6.92 Å². The van der Waals surface area contributed by atoms with E-state index in [1.165, 1.54) is 5.69 Å². The molecule has 0 aliphatic rings. The monoisotopic (exact) mass is 238 g/mol. The number of nitrogens with zero attached hydrogens (tertiary/aromatic N) is 2. The van der Waals surface area contributed by atoms with Crippen LogP contribution in [0.4, 0.5) is 0 Å². The van der Waals surface area contributed by atoms with Gasteiger partial charge in [0.05, 0.1) is 5.69 Å². The third kappa shape index (κ3) is 1.37. The smallest absolute Gasteiger partial charge is 0.137 e. The molecule has 0 saturated heterocycles. The predicted molar refractivity (Wildman–Crippen MR) is 57.0 cm³/mol. The molecule has 13 heavy (non-hydrogen) atoms. The van der Waals surface area contributed by atoms with E-state index in [4.69, 9.17) is 0 Å². The maximum Gasteiger partial charge on any atom is 0.137 e. The fourth-order valence-corrected chi connectivity index (χ4v) is 1.71. The zero-order valence-electron chi connectivity index (χ0n) is 7.71. The van der Waals surface area contributed by atoms with Gasteiger partial charge >= 0.3 is 0 Å². The molecule has 0 atom stereocenters. The van der Waals surface area contributed by atoms with Crippen molar-refractivity contribution < 1.29 is 0 Å². The molecule has 68 valence electrons. The average Bonchev–Trinajstić information content (AvgIpc) is 2.55. The van der Waals surface area contributed by atoms with Crippen LogP contribution in [0.25, 0.3) is 5.65 Å². The Morgan fingerprint density at radius 2 is 2.23 bits per heavy atom. The van der Waals surface area contributed by atoms with Crippen molar-refractivity contribution in [2.45, 2.75) is 20.3 Å². The molecule has 0 fully saturated rings. The van der Waals surface area contributed by atoms with Gasteiger partial charge in [0, 0.05) is 16.4 Å². The van der Waals surface area contributed by atoms with Crippen molar-refractivity contribution in [1.82, 2.24) is 9.38 Å². The summed E-state index contributed by atoms with van der Waals surface area (Å²) in [6, 6.07) is 4.06. The van der Waals surface area contributed by atoms with Gasteiger partial charge in [0.25, 0.3) is 0 Å². The Balaban J connectivity index is 2.76. The number of rotatable bonds is 1. The van der Waals surface area contributed by atoms with Crippen molar-refractivity contribution in [3.63, 3.8) is 0 Å². The SMILES string of the molecule is CCc1cn2c(C)c(Br)ccc2n1. The van der Waals surface area contributed by atoms with E-state index < -0.39 is 0 Å². The Bertz CT molecular complexity index is 445. The summed E-state index contributed by atoms with van der Waals surface area (Å²) in [5, 5.41) is 0. The molecule has 2 aromatic heterocycles. The largest absolute Gasteiger partial charge is 0.303 e. The summed E-state index contributed by atoms with van der Waals surface area (Å²) in [7, 11) is 0. The average molecular weight is 239 g/mol. The Kier molecular flexibility index (Phi) is 2.12. The molecule has 0 aliphatic carbocycles. The first-order chi connectivity index (χ1) is 6.22. The second kappa shape index (κ2) is 3.14. The Morgan fingerprint density at radius 3 is 2.92 bits per heavy atom. The lowest BCUT2D eigenvalue weighted by Gasteiger charge is -2.00. The van der Waals surface area contributed by atoms with Crippen LogP contribution in [0.3, 0.4) is 0 Å². The second-order valence-corrected chi connectivity index (χ2v) is 3.94. The Labute approximate surface area is 85.7 Å². The van der Waals surface area contributed by atoms with E-state index in [-0.39, 0.29) is 0 Å². The topological polar surface area (TPSA) is 17.3 Å². The van der Waals surface area contributed by atoms with Gasteiger partial charge in [0.15, 0.2) is 0 Å². The van der Waals surface area contributed by atoms with Crippen LogP contribution in [0.5, 0.6) is 0 Å². The number of fused-ring (bicyclic) bond motifs is 1. The van der Waals surface area contributed by atoms with Crippen LogP contribution in [-0.2, 0) is 6.42 Å². The zero-order valence-corrected chi connectivity index (χ0v) is 9.30. The molecule has 0 amide bonds. The molecule has 0 aromatic carbocycles. The van der Waals surface area contributed by atoms with Gasteiger partial charge in [0.2, 0.25) is 0 Å². The van der Waals surface area contributed by atoms with E-state index in [9.17, 15) is 0 Å². The molecule has 0 radical (unpaired) electrons. The van der Waals surface area contributed by atoms with E-state index in [2.05, 4.69) is 45.4 Å². The first-order valence-corrected chi connectivity index (χ1v) is 5.14. The molecule has 0 N–H and O–H groups in total. The van der Waals surface area contributed by atoms with E-state index >= 15 is 0 Å². The van der Waals surface area contributed by atoms with Crippen molar-refractivity contribution in [2.75, 3.05) is 0 Å². The van der Waals surface area contributed by atoms with E-state index in [0.717, 1.165) is 22.2 Å². The van der Waals surface area contributed by atoms with Crippen molar-refractivity contribution in [2.24, 2.45) is 0 Å². The third-order valence-electron chi connectivity index (χ3n) is 2.23. The summed E-state index contributed by atoms with van der Waals surface area (Å²) in [4.78, 5) is 4.48. The standard InChI is InChI=1S/C10H11BrN2/c1-3-8-6-13-7(2)9(11)4-5-10(13)12-8/h4-6H,3H2,1-2H3. The molecule has 3 heteroatoms. The molecule has 2 rings (SSSR count). The van der Waals surface area contributed by atoms with Crippen LogP contribution in [-0.4, -0.2) is 9.38 Å². The molecule has 0 aliphatic heterocycles. The lowest BCUT2D eigenvalue weighted by atomic mass is 10.3. The van der Waals surface area contributed by atoms with Gasteiger partial charge in [0.1, 0.15) is 5.65 Å².